The van der Waals surface area contributed by atoms with Crippen molar-refractivity contribution in [3.8, 4) is 0 Å². The van der Waals surface area contributed by atoms with Crippen molar-refractivity contribution in [1.82, 2.24) is 25.1 Å². The number of rotatable bonds is 5. The third-order valence-corrected chi connectivity index (χ3v) is 4.72. The molecule has 2 aromatic heterocycles. The van der Waals surface area contributed by atoms with E-state index in [1.807, 2.05) is 19.3 Å². The number of hydrogen-bond acceptors (Lipinski definition) is 6. The fourth-order valence-corrected chi connectivity index (χ4v) is 2.91. The molecule has 0 radical (unpaired) electrons. The molecule has 1 saturated carbocycles. The molecule has 23 heavy (non-hydrogen) atoms. The third kappa shape index (κ3) is 3.17. The summed E-state index contributed by atoms with van der Waals surface area (Å²) in [4.78, 5) is 13.4. The Morgan fingerprint density at radius 3 is 2.57 bits per heavy atom. The molecule has 120 valence electrons. The summed E-state index contributed by atoms with van der Waals surface area (Å²) in [6.07, 6.45) is 6.23. The van der Waals surface area contributed by atoms with Gasteiger partial charge in [0.25, 0.3) is 0 Å². The van der Waals surface area contributed by atoms with Crippen LogP contribution in [0.4, 0.5) is 5.82 Å². The third-order valence-electron chi connectivity index (χ3n) is 4.72. The fraction of sp³-hybridized carbons (Fsp3) is 0.529. The normalized spacial score (nSPS) is 18.3. The van der Waals surface area contributed by atoms with Gasteiger partial charge in [-0.3, -0.25) is 14.9 Å². The van der Waals surface area contributed by atoms with Crippen molar-refractivity contribution >= 4 is 5.82 Å². The Bertz CT molecular complexity index is 658. The zero-order valence-corrected chi connectivity index (χ0v) is 13.7. The predicted octanol–water partition coefficient (Wildman–Crippen LogP) is 1.77. The van der Waals surface area contributed by atoms with Crippen LogP contribution in [0.2, 0.25) is 0 Å². The van der Waals surface area contributed by atoms with Crippen LogP contribution >= 0.6 is 0 Å². The van der Waals surface area contributed by atoms with Crippen LogP contribution in [0, 0.1) is 6.92 Å². The van der Waals surface area contributed by atoms with Gasteiger partial charge in [-0.05, 0) is 38.9 Å². The van der Waals surface area contributed by atoms with Crippen molar-refractivity contribution in [2.45, 2.75) is 38.3 Å². The van der Waals surface area contributed by atoms with Crippen molar-refractivity contribution < 1.29 is 0 Å². The van der Waals surface area contributed by atoms with Gasteiger partial charge in [0.15, 0.2) is 5.82 Å². The van der Waals surface area contributed by atoms with Crippen LogP contribution in [0.5, 0.6) is 0 Å². The van der Waals surface area contributed by atoms with Gasteiger partial charge < -0.3 is 4.90 Å². The van der Waals surface area contributed by atoms with Gasteiger partial charge >= 0.3 is 0 Å². The topological polar surface area (TPSA) is 58.0 Å². The van der Waals surface area contributed by atoms with Crippen molar-refractivity contribution in [3.63, 3.8) is 0 Å². The molecule has 6 nitrogen and oxygen atoms in total. The minimum Gasteiger partial charge on any atom is -0.352 e. The smallest absolute Gasteiger partial charge is 0.151 e. The maximum Gasteiger partial charge on any atom is 0.151 e. The standard InChI is InChI=1S/C17H22N6/c1-12-7-19-14(8-18-12)9-22(2)15-10-23(11-15)17-6-5-16(20-21-17)13-3-4-13/h5-8,13,15H,3-4,9-11H2,1-2H3. The van der Waals surface area contributed by atoms with Crippen molar-refractivity contribution in [2.75, 3.05) is 25.0 Å². The van der Waals surface area contributed by atoms with Gasteiger partial charge in [0, 0.05) is 44.0 Å². The highest BCUT2D eigenvalue weighted by Gasteiger charge is 2.32. The highest BCUT2D eigenvalue weighted by atomic mass is 15.4. The highest BCUT2D eigenvalue weighted by molar-refractivity contribution is 5.42. The molecule has 1 aliphatic heterocycles. The number of aryl methyl sites for hydroxylation is 1. The van der Waals surface area contributed by atoms with Gasteiger partial charge in [0.05, 0.1) is 17.1 Å². The summed E-state index contributed by atoms with van der Waals surface area (Å²) in [5.74, 6) is 1.66. The number of anilines is 1. The van der Waals surface area contributed by atoms with Gasteiger partial charge in [-0.15, -0.1) is 5.10 Å². The van der Waals surface area contributed by atoms with Crippen LogP contribution in [0.25, 0.3) is 0 Å². The Kier molecular flexibility index (Phi) is 3.69. The second-order valence-corrected chi connectivity index (χ2v) is 6.71. The monoisotopic (exact) mass is 310 g/mol. The maximum atomic E-state index is 4.43. The molecule has 2 fully saturated rings. The molecular weight excluding hydrogens is 288 g/mol. The van der Waals surface area contributed by atoms with Gasteiger partial charge in [-0.2, -0.15) is 5.10 Å². The summed E-state index contributed by atoms with van der Waals surface area (Å²) in [5.41, 5.74) is 3.13. The van der Waals surface area contributed by atoms with E-state index in [1.165, 1.54) is 12.8 Å². The average Bonchev–Trinajstić information content (AvgIpc) is 3.34. The van der Waals surface area contributed by atoms with E-state index in [9.17, 15) is 0 Å². The lowest BCUT2D eigenvalue weighted by atomic mass is 10.1. The van der Waals surface area contributed by atoms with E-state index in [4.69, 9.17) is 0 Å². The second-order valence-electron chi connectivity index (χ2n) is 6.71. The van der Waals surface area contributed by atoms with Crippen LogP contribution < -0.4 is 4.90 Å². The summed E-state index contributed by atoms with van der Waals surface area (Å²) in [6.45, 7) is 4.78. The Hall–Kier alpha value is -2.08. The van der Waals surface area contributed by atoms with E-state index in [-0.39, 0.29) is 0 Å². The molecule has 2 aliphatic rings. The first-order chi connectivity index (χ1) is 11.2. The maximum absolute atomic E-state index is 4.43. The van der Waals surface area contributed by atoms with E-state index >= 15 is 0 Å². The molecule has 0 unspecified atom stereocenters. The van der Waals surface area contributed by atoms with E-state index in [2.05, 4.69) is 49.1 Å². The van der Waals surface area contributed by atoms with E-state index < -0.39 is 0 Å². The van der Waals surface area contributed by atoms with Crippen molar-refractivity contribution in [1.29, 1.82) is 0 Å². The van der Waals surface area contributed by atoms with E-state index in [1.54, 1.807) is 0 Å². The summed E-state index contributed by atoms with van der Waals surface area (Å²) in [6, 6.07) is 4.78. The zero-order chi connectivity index (χ0) is 15.8. The van der Waals surface area contributed by atoms with Crippen molar-refractivity contribution in [3.05, 3.63) is 41.6 Å². The SMILES string of the molecule is Cc1cnc(CN(C)C2CN(c3ccc(C4CC4)nn3)C2)cn1. The molecule has 1 saturated heterocycles. The molecule has 0 atom stereocenters. The molecule has 2 aromatic rings. The molecule has 1 aliphatic carbocycles. The number of hydrogen-bond donors (Lipinski definition) is 0. The Morgan fingerprint density at radius 2 is 1.96 bits per heavy atom. The summed E-state index contributed by atoms with van der Waals surface area (Å²) >= 11 is 0. The van der Waals surface area contributed by atoms with Crippen LogP contribution in [-0.2, 0) is 6.54 Å². The predicted molar refractivity (Wildman–Crippen MR) is 88.2 cm³/mol. The van der Waals surface area contributed by atoms with Gasteiger partial charge in [-0.1, -0.05) is 0 Å². The molecule has 0 bridgehead atoms. The molecular formula is C17H22N6. The largest absolute Gasteiger partial charge is 0.352 e. The summed E-state index contributed by atoms with van der Waals surface area (Å²) in [7, 11) is 2.14. The van der Waals surface area contributed by atoms with Gasteiger partial charge in [0.1, 0.15) is 0 Å². The minimum absolute atomic E-state index is 0.531. The quantitative estimate of drug-likeness (QED) is 0.839. The zero-order valence-electron chi connectivity index (χ0n) is 13.7. The lowest BCUT2D eigenvalue weighted by molar-refractivity contribution is 0.194. The Morgan fingerprint density at radius 1 is 1.13 bits per heavy atom. The van der Waals surface area contributed by atoms with Crippen molar-refractivity contribution in [2.24, 2.45) is 0 Å². The van der Waals surface area contributed by atoms with Gasteiger partial charge in [0.2, 0.25) is 0 Å². The molecule has 4 rings (SSSR count). The fourth-order valence-electron chi connectivity index (χ4n) is 2.91. The number of aromatic nitrogens is 4. The first kappa shape index (κ1) is 14.5. The van der Waals surface area contributed by atoms with E-state index in [0.717, 1.165) is 42.5 Å². The number of likely N-dealkylation sites (N-methyl/N-ethyl adjacent to an activating group) is 1. The minimum atomic E-state index is 0.531. The Labute approximate surface area is 136 Å². The lowest BCUT2D eigenvalue weighted by Gasteiger charge is -2.44. The first-order valence-electron chi connectivity index (χ1n) is 8.25. The Balaban J connectivity index is 1.30. The van der Waals surface area contributed by atoms with Crippen LogP contribution in [0.1, 0.15) is 35.8 Å². The van der Waals surface area contributed by atoms with E-state index in [0.29, 0.717) is 12.0 Å². The number of nitrogens with zero attached hydrogens (tertiary/aromatic N) is 6. The average molecular weight is 310 g/mol. The van der Waals surface area contributed by atoms with Crippen LogP contribution in [-0.4, -0.2) is 51.2 Å². The summed E-state index contributed by atoms with van der Waals surface area (Å²) in [5, 5.41) is 8.75. The molecule has 0 spiro atoms. The lowest BCUT2D eigenvalue weighted by Crippen LogP contribution is -2.58. The molecule has 0 aromatic carbocycles. The van der Waals surface area contributed by atoms with Gasteiger partial charge in [-0.25, -0.2) is 0 Å². The molecule has 3 heterocycles. The highest BCUT2D eigenvalue weighted by Crippen LogP contribution is 2.38. The molecule has 0 amide bonds. The first-order valence-corrected chi connectivity index (χ1v) is 8.25. The van der Waals surface area contributed by atoms with Crippen LogP contribution in [0.15, 0.2) is 24.5 Å². The second kappa shape index (κ2) is 5.85. The van der Waals surface area contributed by atoms with Crippen LogP contribution in [0.3, 0.4) is 0 Å². The molecule has 6 heteroatoms. The molecule has 0 N–H and O–H groups in total. The summed E-state index contributed by atoms with van der Waals surface area (Å²) < 4.78 is 0.